The Hall–Kier alpha value is -1.85. The minimum Gasteiger partial charge on any atom is -0.386 e. The van der Waals surface area contributed by atoms with Crippen LogP contribution in [0.3, 0.4) is 0 Å². The van der Waals surface area contributed by atoms with Crippen LogP contribution in [-0.4, -0.2) is 22.6 Å². The van der Waals surface area contributed by atoms with Crippen LogP contribution in [0.1, 0.15) is 5.56 Å². The van der Waals surface area contributed by atoms with Gasteiger partial charge in [0.25, 0.3) is 5.89 Å². The third kappa shape index (κ3) is 1.70. The Kier molecular flexibility index (Phi) is 2.19. The van der Waals surface area contributed by atoms with Gasteiger partial charge in [0, 0.05) is 13.2 Å². The molecule has 0 amide bonds. The third-order valence-electron chi connectivity index (χ3n) is 2.06. The largest absolute Gasteiger partial charge is 0.437 e. The van der Waals surface area contributed by atoms with Crippen molar-refractivity contribution in [2.45, 2.75) is 6.92 Å². The van der Waals surface area contributed by atoms with Crippen LogP contribution >= 0.6 is 0 Å². The maximum atomic E-state index is 11.0. The lowest BCUT2D eigenvalue weighted by Crippen LogP contribution is -2.09. The van der Waals surface area contributed by atoms with Crippen LogP contribution < -0.4 is 11.2 Å². The molecule has 2 radical (unpaired) electrons. The Morgan fingerprint density at radius 2 is 2.27 bits per heavy atom. The summed E-state index contributed by atoms with van der Waals surface area (Å²) in [7, 11) is 7.13. The minimum atomic E-state index is -0.513. The second kappa shape index (κ2) is 3.38. The molecule has 2 aromatic rings. The van der Waals surface area contributed by atoms with Gasteiger partial charge < -0.3 is 4.42 Å². The standard InChI is InChI=1S/C9H8BN3O2/c1-5-3-7(11-4-6(5)10)8-12-13(2)9(14)15-8/h3-4H,1-2H3. The minimum absolute atomic E-state index is 0.200. The fourth-order valence-corrected chi connectivity index (χ4v) is 1.13. The van der Waals surface area contributed by atoms with E-state index in [9.17, 15) is 4.79 Å². The Balaban J connectivity index is 2.54. The molecule has 2 rings (SSSR count). The summed E-state index contributed by atoms with van der Waals surface area (Å²) in [6.07, 6.45) is 1.51. The van der Waals surface area contributed by atoms with Crippen LogP contribution in [0, 0.1) is 6.92 Å². The second-order valence-electron chi connectivity index (χ2n) is 3.22. The highest BCUT2D eigenvalue weighted by Gasteiger charge is 2.09. The van der Waals surface area contributed by atoms with E-state index in [-0.39, 0.29) is 5.89 Å². The summed E-state index contributed by atoms with van der Waals surface area (Å²) in [6.45, 7) is 1.85. The molecule has 15 heavy (non-hydrogen) atoms. The van der Waals surface area contributed by atoms with E-state index in [2.05, 4.69) is 10.1 Å². The normalized spacial score (nSPS) is 10.5. The molecule has 0 fully saturated rings. The van der Waals surface area contributed by atoms with Crippen LogP contribution in [0.25, 0.3) is 11.6 Å². The predicted octanol–water partition coefficient (Wildman–Crippen LogP) is -0.462. The summed E-state index contributed by atoms with van der Waals surface area (Å²) in [4.78, 5) is 15.1. The van der Waals surface area contributed by atoms with E-state index in [1.54, 1.807) is 6.07 Å². The van der Waals surface area contributed by atoms with E-state index < -0.39 is 5.76 Å². The Morgan fingerprint density at radius 3 is 2.80 bits per heavy atom. The molecule has 0 spiro atoms. The van der Waals surface area contributed by atoms with Gasteiger partial charge in [0.15, 0.2) is 0 Å². The van der Waals surface area contributed by atoms with Gasteiger partial charge in [-0.2, -0.15) is 4.68 Å². The van der Waals surface area contributed by atoms with Crippen LogP contribution in [-0.2, 0) is 7.05 Å². The number of pyridine rings is 1. The van der Waals surface area contributed by atoms with E-state index in [4.69, 9.17) is 12.3 Å². The third-order valence-corrected chi connectivity index (χ3v) is 2.06. The van der Waals surface area contributed by atoms with Gasteiger partial charge in [-0.15, -0.1) is 5.10 Å². The van der Waals surface area contributed by atoms with Gasteiger partial charge in [0.1, 0.15) is 13.5 Å². The Morgan fingerprint density at radius 1 is 1.53 bits per heavy atom. The van der Waals surface area contributed by atoms with Crippen molar-refractivity contribution in [1.29, 1.82) is 0 Å². The van der Waals surface area contributed by atoms with Gasteiger partial charge in [-0.1, -0.05) is 11.0 Å². The summed E-state index contributed by atoms with van der Waals surface area (Å²) in [5.74, 6) is -0.313. The molecule has 6 heteroatoms. The number of aryl methyl sites for hydroxylation is 2. The zero-order valence-corrected chi connectivity index (χ0v) is 8.39. The molecule has 2 aromatic heterocycles. The smallest absolute Gasteiger partial charge is 0.386 e. The van der Waals surface area contributed by atoms with Gasteiger partial charge in [-0.25, -0.2) is 4.79 Å². The molecule has 0 aliphatic carbocycles. The zero-order valence-electron chi connectivity index (χ0n) is 8.39. The molecule has 74 valence electrons. The first-order valence-electron chi connectivity index (χ1n) is 4.34. The van der Waals surface area contributed by atoms with Crippen molar-refractivity contribution in [3.05, 3.63) is 28.4 Å². The molecular weight excluding hydrogens is 193 g/mol. The van der Waals surface area contributed by atoms with Crippen LogP contribution in [0.2, 0.25) is 0 Å². The highest BCUT2D eigenvalue weighted by atomic mass is 16.4. The van der Waals surface area contributed by atoms with Gasteiger partial charge >= 0.3 is 5.76 Å². The molecule has 0 saturated carbocycles. The summed E-state index contributed by atoms with van der Waals surface area (Å²) >= 11 is 0. The summed E-state index contributed by atoms with van der Waals surface area (Å²) in [5.41, 5.74) is 1.96. The number of nitrogens with zero attached hydrogens (tertiary/aromatic N) is 3. The summed E-state index contributed by atoms with van der Waals surface area (Å²) < 4.78 is 6.00. The van der Waals surface area contributed by atoms with Crippen molar-refractivity contribution in [2.75, 3.05) is 0 Å². The maximum absolute atomic E-state index is 11.0. The number of hydrogen-bond donors (Lipinski definition) is 0. The molecule has 5 nitrogen and oxygen atoms in total. The molecule has 0 aromatic carbocycles. The average Bonchev–Trinajstić information content (AvgIpc) is 2.52. The Bertz CT molecular complexity index is 559. The molecule has 0 unspecified atom stereocenters. The number of hydrogen-bond acceptors (Lipinski definition) is 4. The summed E-state index contributed by atoms with van der Waals surface area (Å²) in [6, 6.07) is 1.72. The second-order valence-corrected chi connectivity index (χ2v) is 3.22. The average molecular weight is 201 g/mol. The molecule has 0 atom stereocenters. The fourth-order valence-electron chi connectivity index (χ4n) is 1.13. The van der Waals surface area contributed by atoms with E-state index >= 15 is 0 Å². The monoisotopic (exact) mass is 201 g/mol. The van der Waals surface area contributed by atoms with E-state index in [1.807, 2.05) is 6.92 Å². The topological polar surface area (TPSA) is 60.9 Å². The van der Waals surface area contributed by atoms with Gasteiger partial charge in [-0.3, -0.25) is 4.98 Å². The zero-order chi connectivity index (χ0) is 11.0. The highest BCUT2D eigenvalue weighted by molar-refractivity contribution is 6.33. The molecule has 0 bridgehead atoms. The molecule has 0 N–H and O–H groups in total. The number of aromatic nitrogens is 3. The molecule has 0 aliphatic heterocycles. The highest BCUT2D eigenvalue weighted by Crippen LogP contribution is 2.11. The first-order chi connectivity index (χ1) is 7.08. The summed E-state index contributed by atoms with van der Waals surface area (Å²) in [5, 5.41) is 3.89. The number of rotatable bonds is 1. The quantitative estimate of drug-likeness (QED) is 0.585. The van der Waals surface area contributed by atoms with Crippen molar-refractivity contribution in [3.8, 4) is 11.6 Å². The van der Waals surface area contributed by atoms with Gasteiger partial charge in [0.05, 0.1) is 0 Å². The predicted molar refractivity (Wildman–Crippen MR) is 55.1 cm³/mol. The van der Waals surface area contributed by atoms with Gasteiger partial charge in [-0.05, 0) is 13.0 Å². The van der Waals surface area contributed by atoms with E-state index in [0.717, 1.165) is 10.2 Å². The molecule has 0 saturated heterocycles. The first kappa shape index (κ1) is 9.70. The maximum Gasteiger partial charge on any atom is 0.437 e. The van der Waals surface area contributed by atoms with Crippen LogP contribution in [0.15, 0.2) is 21.5 Å². The fraction of sp³-hybridized carbons (Fsp3) is 0.222. The van der Waals surface area contributed by atoms with E-state index in [1.165, 1.54) is 13.2 Å². The lowest BCUT2D eigenvalue weighted by Gasteiger charge is -1.99. The lowest BCUT2D eigenvalue weighted by atomic mass is 9.93. The SMILES string of the molecule is [B]c1cnc(-c2nn(C)c(=O)o2)cc1C. The Labute approximate surface area is 87.2 Å². The van der Waals surface area contributed by atoms with E-state index in [0.29, 0.717) is 11.2 Å². The van der Waals surface area contributed by atoms with Crippen molar-refractivity contribution in [2.24, 2.45) is 7.05 Å². The first-order valence-corrected chi connectivity index (χ1v) is 4.34. The van der Waals surface area contributed by atoms with Gasteiger partial charge in [0.2, 0.25) is 0 Å². The molecule has 0 aliphatic rings. The van der Waals surface area contributed by atoms with Crippen LogP contribution in [0.5, 0.6) is 0 Å². The van der Waals surface area contributed by atoms with Crippen LogP contribution in [0.4, 0.5) is 0 Å². The molecular formula is C9H8BN3O2. The molecule has 2 heterocycles. The van der Waals surface area contributed by atoms with Crippen molar-refractivity contribution >= 4 is 13.3 Å². The van der Waals surface area contributed by atoms with Crippen molar-refractivity contribution in [1.82, 2.24) is 14.8 Å². The van der Waals surface area contributed by atoms with Crippen molar-refractivity contribution in [3.63, 3.8) is 0 Å². The van der Waals surface area contributed by atoms with Crippen molar-refractivity contribution < 1.29 is 4.42 Å². The lowest BCUT2D eigenvalue weighted by molar-refractivity contribution is 0.504.